The number of aliphatic carboxylic acids is 1. The Balaban J connectivity index is 2.57. The van der Waals surface area contributed by atoms with E-state index in [-0.39, 0.29) is 5.92 Å². The van der Waals surface area contributed by atoms with Gasteiger partial charge in [0, 0.05) is 0 Å². The zero-order chi connectivity index (χ0) is 17.6. The molecule has 0 aromatic rings. The van der Waals surface area contributed by atoms with Gasteiger partial charge in [0.15, 0.2) is 0 Å². The van der Waals surface area contributed by atoms with E-state index in [9.17, 15) is 19.5 Å². The summed E-state index contributed by atoms with van der Waals surface area (Å²) in [7, 11) is 0. The minimum Gasteiger partial charge on any atom is -0.480 e. The number of hydrogen-bond donors (Lipinski definition) is 3. The summed E-state index contributed by atoms with van der Waals surface area (Å²) in [6.07, 6.45) is 3.96. The third kappa shape index (κ3) is 6.88. The van der Waals surface area contributed by atoms with Crippen molar-refractivity contribution in [3.63, 3.8) is 0 Å². The van der Waals surface area contributed by atoms with Crippen LogP contribution in [0.2, 0.25) is 0 Å². The lowest BCUT2D eigenvalue weighted by Gasteiger charge is -2.29. The number of alkyl carbamates (subject to hydrolysis) is 1. The van der Waals surface area contributed by atoms with Crippen molar-refractivity contribution in [1.29, 1.82) is 0 Å². The van der Waals surface area contributed by atoms with Crippen molar-refractivity contribution in [2.75, 3.05) is 0 Å². The Bertz CT molecular complexity index is 438. The molecule has 0 unspecified atom stereocenters. The molecule has 7 heteroatoms. The van der Waals surface area contributed by atoms with Gasteiger partial charge >= 0.3 is 12.1 Å². The van der Waals surface area contributed by atoms with Crippen molar-refractivity contribution in [1.82, 2.24) is 10.6 Å². The van der Waals surface area contributed by atoms with Crippen molar-refractivity contribution < 1.29 is 24.2 Å². The lowest BCUT2D eigenvalue weighted by molar-refractivity contribution is -0.144. The van der Waals surface area contributed by atoms with Crippen LogP contribution in [0.5, 0.6) is 0 Å². The van der Waals surface area contributed by atoms with Crippen molar-refractivity contribution in [3.8, 4) is 0 Å². The highest BCUT2D eigenvalue weighted by Gasteiger charge is 2.32. The fourth-order valence-electron chi connectivity index (χ4n) is 2.68. The Kier molecular flexibility index (Phi) is 6.84. The molecule has 0 radical (unpaired) electrons. The maximum atomic E-state index is 12.2. The van der Waals surface area contributed by atoms with Gasteiger partial charge < -0.3 is 20.5 Å². The predicted molar refractivity (Wildman–Crippen MR) is 85.0 cm³/mol. The Morgan fingerprint density at radius 3 is 2.13 bits per heavy atom. The van der Waals surface area contributed by atoms with E-state index in [4.69, 9.17) is 4.74 Å². The molecule has 3 N–H and O–H groups in total. The second-order valence-electron chi connectivity index (χ2n) is 7.09. The first-order valence-electron chi connectivity index (χ1n) is 8.13. The van der Waals surface area contributed by atoms with E-state index in [1.807, 2.05) is 0 Å². The van der Waals surface area contributed by atoms with Crippen LogP contribution in [-0.2, 0) is 14.3 Å². The molecule has 23 heavy (non-hydrogen) atoms. The summed E-state index contributed by atoms with van der Waals surface area (Å²) in [5, 5.41) is 14.3. The van der Waals surface area contributed by atoms with Gasteiger partial charge in [-0.1, -0.05) is 19.3 Å². The van der Waals surface area contributed by atoms with Crippen LogP contribution in [0.15, 0.2) is 0 Å². The number of ether oxygens (including phenoxy) is 1. The number of carboxylic acid groups (broad SMARTS) is 1. The molecule has 0 aromatic heterocycles. The van der Waals surface area contributed by atoms with Crippen LogP contribution in [0.25, 0.3) is 0 Å². The Morgan fingerprint density at radius 1 is 1.09 bits per heavy atom. The molecule has 0 heterocycles. The summed E-state index contributed by atoms with van der Waals surface area (Å²) >= 11 is 0. The van der Waals surface area contributed by atoms with Gasteiger partial charge in [0.25, 0.3) is 0 Å². The molecule has 132 valence electrons. The molecular weight excluding hydrogens is 300 g/mol. The highest BCUT2D eigenvalue weighted by atomic mass is 16.6. The van der Waals surface area contributed by atoms with Gasteiger partial charge in [-0.05, 0) is 46.5 Å². The number of carbonyl (C=O) groups is 3. The fourth-order valence-corrected chi connectivity index (χ4v) is 2.68. The van der Waals surface area contributed by atoms with Crippen LogP contribution in [-0.4, -0.2) is 40.8 Å². The summed E-state index contributed by atoms with van der Waals surface area (Å²) in [4.78, 5) is 35.3. The topological polar surface area (TPSA) is 105 Å². The van der Waals surface area contributed by atoms with Crippen LogP contribution in [0, 0.1) is 5.92 Å². The van der Waals surface area contributed by atoms with Gasteiger partial charge in [-0.2, -0.15) is 0 Å². The number of amides is 2. The molecule has 1 aliphatic carbocycles. The molecule has 1 saturated carbocycles. The Morgan fingerprint density at radius 2 is 1.65 bits per heavy atom. The largest absolute Gasteiger partial charge is 0.480 e. The van der Waals surface area contributed by atoms with Gasteiger partial charge in [-0.15, -0.1) is 0 Å². The molecule has 2 atom stereocenters. The van der Waals surface area contributed by atoms with Gasteiger partial charge in [-0.3, -0.25) is 4.79 Å². The van der Waals surface area contributed by atoms with Crippen LogP contribution >= 0.6 is 0 Å². The highest BCUT2D eigenvalue weighted by Crippen LogP contribution is 2.26. The molecular formula is C16H28N2O5. The highest BCUT2D eigenvalue weighted by molar-refractivity contribution is 5.89. The number of rotatable bonds is 5. The first-order valence-corrected chi connectivity index (χ1v) is 8.13. The molecule has 1 rings (SSSR count). The minimum absolute atomic E-state index is 0.0565. The molecule has 1 fully saturated rings. The summed E-state index contributed by atoms with van der Waals surface area (Å²) in [5.41, 5.74) is -0.661. The monoisotopic (exact) mass is 328 g/mol. The summed E-state index contributed by atoms with van der Waals surface area (Å²) in [6.45, 7) is 6.67. The van der Waals surface area contributed by atoms with Crippen LogP contribution in [0.4, 0.5) is 4.79 Å². The predicted octanol–water partition coefficient (Wildman–Crippen LogP) is 2.05. The molecule has 0 aromatic carbocycles. The first-order chi connectivity index (χ1) is 10.6. The van der Waals surface area contributed by atoms with Gasteiger partial charge in [0.2, 0.25) is 5.91 Å². The zero-order valence-corrected chi connectivity index (χ0v) is 14.3. The number of carboxylic acids is 1. The molecule has 0 saturated heterocycles. The minimum atomic E-state index is -1.03. The second kappa shape index (κ2) is 8.17. The summed E-state index contributed by atoms with van der Waals surface area (Å²) < 4.78 is 5.08. The van der Waals surface area contributed by atoms with Crippen molar-refractivity contribution in [2.24, 2.45) is 5.92 Å². The molecule has 1 aliphatic rings. The number of carbonyl (C=O) groups excluding carboxylic acids is 2. The molecule has 2 amide bonds. The van der Waals surface area contributed by atoms with Gasteiger partial charge in [-0.25, -0.2) is 9.59 Å². The van der Waals surface area contributed by atoms with E-state index >= 15 is 0 Å². The Hall–Kier alpha value is -1.79. The maximum absolute atomic E-state index is 12.2. The van der Waals surface area contributed by atoms with Crippen LogP contribution < -0.4 is 10.6 Å². The molecule has 0 bridgehead atoms. The van der Waals surface area contributed by atoms with Crippen molar-refractivity contribution >= 4 is 18.0 Å². The lowest BCUT2D eigenvalue weighted by atomic mass is 9.84. The van der Waals surface area contributed by atoms with Gasteiger partial charge in [0.1, 0.15) is 17.7 Å². The molecule has 7 nitrogen and oxygen atoms in total. The molecule has 0 aliphatic heterocycles. The van der Waals surface area contributed by atoms with Crippen LogP contribution in [0.3, 0.4) is 0 Å². The van der Waals surface area contributed by atoms with E-state index < -0.39 is 35.7 Å². The first kappa shape index (κ1) is 19.3. The Labute approximate surface area is 137 Å². The normalized spacial score (nSPS) is 18.6. The van der Waals surface area contributed by atoms with Gasteiger partial charge in [0.05, 0.1) is 0 Å². The van der Waals surface area contributed by atoms with E-state index in [1.165, 1.54) is 6.92 Å². The lowest BCUT2D eigenvalue weighted by Crippen LogP contribution is -2.53. The quantitative estimate of drug-likeness (QED) is 0.716. The number of hydrogen-bond acceptors (Lipinski definition) is 4. The molecule has 0 spiro atoms. The van der Waals surface area contributed by atoms with E-state index in [0.717, 1.165) is 32.1 Å². The summed E-state index contributed by atoms with van der Waals surface area (Å²) in [6, 6.07) is -1.78. The smallest absolute Gasteiger partial charge is 0.408 e. The van der Waals surface area contributed by atoms with E-state index in [1.54, 1.807) is 20.8 Å². The zero-order valence-electron chi connectivity index (χ0n) is 14.3. The van der Waals surface area contributed by atoms with E-state index in [2.05, 4.69) is 10.6 Å². The second-order valence-corrected chi connectivity index (χ2v) is 7.09. The van der Waals surface area contributed by atoms with E-state index in [0.29, 0.717) is 0 Å². The third-order valence-electron chi connectivity index (χ3n) is 3.81. The average Bonchev–Trinajstić information content (AvgIpc) is 2.42. The summed E-state index contributed by atoms with van der Waals surface area (Å²) in [5.74, 6) is -1.61. The third-order valence-corrected chi connectivity index (χ3v) is 3.81. The standard InChI is InChI=1S/C16H28N2O5/c1-10(17-15(22)23-16(2,3)4)13(19)18-12(14(20)21)11-8-6-5-7-9-11/h10-12H,5-9H2,1-4H3,(H,17,22)(H,18,19)(H,20,21)/t10-,12-/m0/s1. The van der Waals surface area contributed by atoms with Crippen molar-refractivity contribution in [3.05, 3.63) is 0 Å². The average molecular weight is 328 g/mol. The fraction of sp³-hybridized carbons (Fsp3) is 0.812. The number of nitrogens with one attached hydrogen (secondary N) is 2. The van der Waals surface area contributed by atoms with Crippen molar-refractivity contribution in [2.45, 2.75) is 77.5 Å². The SMILES string of the molecule is C[C@H](NC(=O)OC(C)(C)C)C(=O)N[C@H](C(=O)O)C1CCCCC1. The maximum Gasteiger partial charge on any atom is 0.408 e. The van der Waals surface area contributed by atoms with Crippen LogP contribution in [0.1, 0.15) is 59.8 Å².